The molecule has 0 amide bonds. The highest BCUT2D eigenvalue weighted by molar-refractivity contribution is 5.42. The molecule has 2 rings (SSSR count). The van der Waals surface area contributed by atoms with E-state index in [0.29, 0.717) is 24.5 Å². The number of aromatic hydroxyl groups is 1. The number of ether oxygens (including phenoxy) is 2. The summed E-state index contributed by atoms with van der Waals surface area (Å²) in [6.45, 7) is 2.34. The molecule has 112 valence electrons. The van der Waals surface area contributed by atoms with Gasteiger partial charge in [0.25, 0.3) is 5.56 Å². The fourth-order valence-corrected chi connectivity index (χ4v) is 2.28. The van der Waals surface area contributed by atoms with Crippen LogP contribution in [0.3, 0.4) is 0 Å². The minimum absolute atomic E-state index is 0.000123. The van der Waals surface area contributed by atoms with E-state index in [1.54, 1.807) is 31.8 Å². The molecule has 0 spiro atoms. The molecule has 1 aromatic carbocycles. The van der Waals surface area contributed by atoms with E-state index in [1.165, 1.54) is 6.07 Å². The lowest BCUT2D eigenvalue weighted by Gasteiger charge is -2.12. The van der Waals surface area contributed by atoms with Crippen molar-refractivity contribution in [1.82, 2.24) is 4.57 Å². The summed E-state index contributed by atoms with van der Waals surface area (Å²) in [6.07, 6.45) is 0.686. The number of hydrogen-bond acceptors (Lipinski definition) is 4. The molecule has 0 aliphatic carbocycles. The summed E-state index contributed by atoms with van der Waals surface area (Å²) in [4.78, 5) is 11.9. The first-order chi connectivity index (χ1) is 10.0. The Bertz CT molecular complexity index is 691. The number of aromatic nitrogens is 1. The van der Waals surface area contributed by atoms with Gasteiger partial charge in [-0.2, -0.15) is 0 Å². The molecule has 1 aromatic heterocycles. The number of hydrogen-bond donors (Lipinski definition) is 1. The van der Waals surface area contributed by atoms with Gasteiger partial charge in [0.05, 0.1) is 14.2 Å². The molecule has 0 aliphatic heterocycles. The second-order valence-electron chi connectivity index (χ2n) is 4.78. The molecule has 0 bridgehead atoms. The molecule has 5 heteroatoms. The van der Waals surface area contributed by atoms with Gasteiger partial charge in [-0.1, -0.05) is 6.07 Å². The largest absolute Gasteiger partial charge is 0.508 e. The van der Waals surface area contributed by atoms with E-state index in [4.69, 9.17) is 9.47 Å². The van der Waals surface area contributed by atoms with Crippen molar-refractivity contribution < 1.29 is 14.6 Å². The van der Waals surface area contributed by atoms with Crippen LogP contribution in [0.4, 0.5) is 0 Å². The average Bonchev–Trinajstić information content (AvgIpc) is 2.45. The second kappa shape index (κ2) is 6.35. The van der Waals surface area contributed by atoms with Crippen LogP contribution in [0.1, 0.15) is 11.3 Å². The van der Waals surface area contributed by atoms with Gasteiger partial charge in [-0.15, -0.1) is 0 Å². The molecule has 0 saturated carbocycles. The predicted molar refractivity (Wildman–Crippen MR) is 80.4 cm³/mol. The lowest BCUT2D eigenvalue weighted by Crippen LogP contribution is -2.22. The van der Waals surface area contributed by atoms with Gasteiger partial charge >= 0.3 is 0 Å². The quantitative estimate of drug-likeness (QED) is 0.916. The van der Waals surface area contributed by atoms with Gasteiger partial charge in [0, 0.05) is 18.3 Å². The Morgan fingerprint density at radius 1 is 1.10 bits per heavy atom. The van der Waals surface area contributed by atoms with Crippen molar-refractivity contribution in [2.75, 3.05) is 14.2 Å². The zero-order valence-electron chi connectivity index (χ0n) is 12.4. The van der Waals surface area contributed by atoms with Crippen LogP contribution >= 0.6 is 0 Å². The third kappa shape index (κ3) is 3.37. The van der Waals surface area contributed by atoms with Crippen LogP contribution in [0.2, 0.25) is 0 Å². The number of benzene rings is 1. The number of nitrogens with zero attached hydrogens (tertiary/aromatic N) is 1. The molecular formula is C16H19NO4. The second-order valence-corrected chi connectivity index (χ2v) is 4.78. The zero-order valence-corrected chi connectivity index (χ0v) is 12.4. The summed E-state index contributed by atoms with van der Waals surface area (Å²) in [5.74, 6) is 1.35. The highest BCUT2D eigenvalue weighted by Crippen LogP contribution is 2.27. The van der Waals surface area contributed by atoms with Crippen LogP contribution in [0.15, 0.2) is 35.1 Å². The van der Waals surface area contributed by atoms with E-state index in [-0.39, 0.29) is 11.3 Å². The van der Waals surface area contributed by atoms with Gasteiger partial charge < -0.3 is 19.1 Å². The van der Waals surface area contributed by atoms with E-state index < -0.39 is 0 Å². The van der Waals surface area contributed by atoms with Crippen molar-refractivity contribution in [3.05, 3.63) is 51.9 Å². The predicted octanol–water partition coefficient (Wildman–Crippen LogP) is 2.12. The molecule has 0 atom stereocenters. The Kier molecular flexibility index (Phi) is 4.52. The molecule has 21 heavy (non-hydrogen) atoms. The fourth-order valence-electron chi connectivity index (χ4n) is 2.28. The summed E-state index contributed by atoms with van der Waals surface area (Å²) in [6, 6.07) is 8.50. The molecule has 1 N–H and O–H groups in total. The summed E-state index contributed by atoms with van der Waals surface area (Å²) in [5, 5.41) is 9.39. The van der Waals surface area contributed by atoms with Crippen LogP contribution in [0.25, 0.3) is 0 Å². The van der Waals surface area contributed by atoms with Crippen molar-refractivity contribution in [3.63, 3.8) is 0 Å². The van der Waals surface area contributed by atoms with E-state index in [2.05, 4.69) is 0 Å². The lowest BCUT2D eigenvalue weighted by atomic mass is 10.1. The number of methoxy groups -OCH3 is 2. The van der Waals surface area contributed by atoms with Crippen molar-refractivity contribution in [3.8, 4) is 17.2 Å². The minimum atomic E-state index is -0.201. The molecule has 0 fully saturated rings. The van der Waals surface area contributed by atoms with Crippen LogP contribution < -0.4 is 15.0 Å². The highest BCUT2D eigenvalue weighted by Gasteiger charge is 2.07. The first-order valence-corrected chi connectivity index (χ1v) is 6.66. The monoisotopic (exact) mass is 289 g/mol. The van der Waals surface area contributed by atoms with Crippen LogP contribution in [0.5, 0.6) is 17.2 Å². The standard InChI is InChI=1S/C16H19NO4/c1-11-8-13(18)10-16(19)17(11)7-6-12-4-5-14(20-2)15(9-12)21-3/h4-5,8-10,18H,6-7H2,1-3H3. The number of rotatable bonds is 5. The molecule has 0 unspecified atom stereocenters. The first kappa shape index (κ1) is 15.0. The van der Waals surface area contributed by atoms with Crippen molar-refractivity contribution in [1.29, 1.82) is 0 Å². The van der Waals surface area contributed by atoms with Gasteiger partial charge in [0.15, 0.2) is 11.5 Å². The van der Waals surface area contributed by atoms with Gasteiger partial charge in [0.2, 0.25) is 0 Å². The molecule has 0 aliphatic rings. The summed E-state index contributed by atoms with van der Waals surface area (Å²) in [7, 11) is 3.19. The first-order valence-electron chi connectivity index (χ1n) is 6.66. The third-order valence-corrected chi connectivity index (χ3v) is 3.39. The lowest BCUT2D eigenvalue weighted by molar-refractivity contribution is 0.354. The maximum atomic E-state index is 11.9. The van der Waals surface area contributed by atoms with Crippen LogP contribution in [-0.4, -0.2) is 23.9 Å². The molecule has 1 heterocycles. The summed E-state index contributed by atoms with van der Waals surface area (Å²) >= 11 is 0. The number of pyridine rings is 1. The zero-order chi connectivity index (χ0) is 15.4. The molecule has 2 aromatic rings. The molecule has 0 radical (unpaired) electrons. The van der Waals surface area contributed by atoms with Crippen molar-refractivity contribution in [2.24, 2.45) is 0 Å². The number of aryl methyl sites for hydroxylation is 2. The van der Waals surface area contributed by atoms with Crippen molar-refractivity contribution >= 4 is 0 Å². The molecule has 5 nitrogen and oxygen atoms in total. The third-order valence-electron chi connectivity index (χ3n) is 3.39. The van der Waals surface area contributed by atoms with Gasteiger partial charge in [0.1, 0.15) is 5.75 Å². The fraction of sp³-hybridized carbons (Fsp3) is 0.312. The highest BCUT2D eigenvalue weighted by atomic mass is 16.5. The smallest absolute Gasteiger partial charge is 0.254 e. The van der Waals surface area contributed by atoms with E-state index in [0.717, 1.165) is 11.3 Å². The maximum absolute atomic E-state index is 11.9. The summed E-state index contributed by atoms with van der Waals surface area (Å²) in [5.41, 5.74) is 1.58. The molecular weight excluding hydrogens is 270 g/mol. The normalized spacial score (nSPS) is 10.4. The minimum Gasteiger partial charge on any atom is -0.508 e. The van der Waals surface area contributed by atoms with E-state index >= 15 is 0 Å². The Morgan fingerprint density at radius 2 is 1.81 bits per heavy atom. The Balaban J connectivity index is 2.19. The Morgan fingerprint density at radius 3 is 2.43 bits per heavy atom. The summed E-state index contributed by atoms with van der Waals surface area (Å²) < 4.78 is 12.1. The van der Waals surface area contributed by atoms with Gasteiger partial charge in [-0.25, -0.2) is 0 Å². The van der Waals surface area contributed by atoms with Crippen LogP contribution in [-0.2, 0) is 13.0 Å². The van der Waals surface area contributed by atoms with Crippen molar-refractivity contribution in [2.45, 2.75) is 19.9 Å². The Hall–Kier alpha value is -2.43. The molecule has 0 saturated heterocycles. The van der Waals surface area contributed by atoms with Gasteiger partial charge in [-0.3, -0.25) is 4.79 Å². The maximum Gasteiger partial charge on any atom is 0.254 e. The SMILES string of the molecule is COc1ccc(CCn2c(C)cc(O)cc2=O)cc1OC. The average molecular weight is 289 g/mol. The Labute approximate surface area is 123 Å². The van der Waals surface area contributed by atoms with E-state index in [9.17, 15) is 9.90 Å². The topological polar surface area (TPSA) is 60.7 Å². The van der Waals surface area contributed by atoms with Gasteiger partial charge in [-0.05, 0) is 37.1 Å². The van der Waals surface area contributed by atoms with E-state index in [1.807, 2.05) is 18.2 Å². The van der Waals surface area contributed by atoms with Crippen LogP contribution in [0, 0.1) is 6.92 Å².